The largest absolute Gasteiger partial charge is 0.0877 e. The van der Waals surface area contributed by atoms with Crippen molar-refractivity contribution in [2.45, 2.75) is 26.7 Å². The lowest BCUT2D eigenvalue weighted by molar-refractivity contribution is 0.827. The highest BCUT2D eigenvalue weighted by atomic mass is 14.1. The topological polar surface area (TPSA) is 0 Å². The number of rotatable bonds is 2. The summed E-state index contributed by atoms with van der Waals surface area (Å²) in [7, 11) is 0. The fourth-order valence-corrected chi connectivity index (χ4v) is 1.03. The Morgan fingerprint density at radius 2 is 2.00 bits per heavy atom. The van der Waals surface area contributed by atoms with Gasteiger partial charge in [0.05, 0.1) is 0 Å². The molecular formula is C10H14. The molecule has 0 N–H and O–H groups in total. The average molecular weight is 134 g/mol. The quantitative estimate of drug-likeness (QED) is 0.509. The molecule has 0 radical (unpaired) electrons. The van der Waals surface area contributed by atoms with E-state index in [1.165, 1.54) is 18.4 Å². The summed E-state index contributed by atoms with van der Waals surface area (Å²) >= 11 is 0. The molecule has 0 spiro atoms. The van der Waals surface area contributed by atoms with Crippen LogP contribution in [0.5, 0.6) is 0 Å². The first-order chi connectivity index (χ1) is 4.84. The predicted octanol–water partition coefficient (Wildman–Crippen LogP) is 3.23. The van der Waals surface area contributed by atoms with Crippen molar-refractivity contribution in [1.29, 1.82) is 0 Å². The molecule has 0 nitrogen and oxygen atoms in total. The Bertz CT molecular complexity index is 192. The van der Waals surface area contributed by atoms with Gasteiger partial charge in [-0.3, -0.25) is 0 Å². The summed E-state index contributed by atoms with van der Waals surface area (Å²) < 4.78 is 0. The van der Waals surface area contributed by atoms with E-state index in [1.807, 2.05) is 13.0 Å². The van der Waals surface area contributed by atoms with Crippen molar-refractivity contribution in [1.82, 2.24) is 0 Å². The molecule has 0 saturated heterocycles. The molecule has 0 fully saturated rings. The van der Waals surface area contributed by atoms with E-state index in [9.17, 15) is 0 Å². The van der Waals surface area contributed by atoms with Crippen LogP contribution in [0.1, 0.15) is 26.7 Å². The van der Waals surface area contributed by atoms with Gasteiger partial charge in [0.15, 0.2) is 0 Å². The van der Waals surface area contributed by atoms with Gasteiger partial charge in [-0.25, -0.2) is 0 Å². The molecule has 0 unspecified atom stereocenters. The van der Waals surface area contributed by atoms with Gasteiger partial charge in [0.1, 0.15) is 0 Å². The lowest BCUT2D eigenvalue weighted by Crippen LogP contribution is -1.97. The molecule has 0 heteroatoms. The van der Waals surface area contributed by atoms with Gasteiger partial charge in [0.2, 0.25) is 0 Å². The third kappa shape index (κ3) is 1.60. The van der Waals surface area contributed by atoms with Crippen molar-refractivity contribution in [3.63, 3.8) is 0 Å². The lowest BCUT2D eigenvalue weighted by atomic mass is 9.90. The third-order valence-electron chi connectivity index (χ3n) is 1.92. The maximum absolute atomic E-state index is 2.21. The number of hydrogen-bond acceptors (Lipinski definition) is 0. The monoisotopic (exact) mass is 134 g/mol. The fraction of sp³-hybridized carbons (Fsp3) is 0.400. The molecule has 0 aliphatic heterocycles. The highest BCUT2D eigenvalue weighted by molar-refractivity contribution is 5.33. The Morgan fingerprint density at radius 3 is 2.40 bits per heavy atom. The fourth-order valence-electron chi connectivity index (χ4n) is 1.03. The summed E-state index contributed by atoms with van der Waals surface area (Å²) in [6.45, 7) is 4.24. The highest BCUT2D eigenvalue weighted by Crippen LogP contribution is 2.27. The molecule has 54 valence electrons. The molecular weight excluding hydrogens is 120 g/mol. The van der Waals surface area contributed by atoms with Gasteiger partial charge in [-0.05, 0) is 32.3 Å². The minimum atomic E-state index is 1.28. The van der Waals surface area contributed by atoms with E-state index < -0.39 is 0 Å². The molecule has 1 rings (SSSR count). The molecule has 1 aliphatic rings. The Hall–Kier alpha value is -0.780. The van der Waals surface area contributed by atoms with Gasteiger partial charge in [0, 0.05) is 0 Å². The maximum atomic E-state index is 2.21. The average Bonchev–Trinajstić information content (AvgIpc) is 1.95. The zero-order valence-corrected chi connectivity index (χ0v) is 6.72. The molecule has 0 aromatic heterocycles. The zero-order valence-electron chi connectivity index (χ0n) is 6.72. The molecule has 0 amide bonds. The predicted molar refractivity (Wildman–Crippen MR) is 45.9 cm³/mol. The first-order valence-electron chi connectivity index (χ1n) is 3.82. The van der Waals surface area contributed by atoms with Crippen LogP contribution in [0, 0.1) is 0 Å². The standard InChI is InChI=1S/C10H14/c1-3-4-5-6-10-8-7-9(10)2/h3-6H,7-8H2,1-2H3/b4-3-,6-5-. The maximum Gasteiger partial charge on any atom is -0.0242 e. The normalized spacial score (nSPS) is 19.0. The third-order valence-corrected chi connectivity index (χ3v) is 1.92. The molecule has 0 bridgehead atoms. The van der Waals surface area contributed by atoms with Crippen LogP contribution in [0.15, 0.2) is 35.5 Å². The lowest BCUT2D eigenvalue weighted by Gasteiger charge is -2.16. The highest BCUT2D eigenvalue weighted by Gasteiger charge is 2.08. The van der Waals surface area contributed by atoms with Crippen molar-refractivity contribution in [3.8, 4) is 0 Å². The SMILES string of the molecule is C/C=C\C=C/C1=C(C)CC1. The minimum Gasteiger partial charge on any atom is -0.0877 e. The summed E-state index contributed by atoms with van der Waals surface area (Å²) in [5.41, 5.74) is 3.08. The molecule has 10 heavy (non-hydrogen) atoms. The second-order valence-corrected chi connectivity index (χ2v) is 2.69. The Kier molecular flexibility index (Phi) is 2.49. The zero-order chi connectivity index (χ0) is 7.40. The van der Waals surface area contributed by atoms with Crippen LogP contribution < -0.4 is 0 Å². The van der Waals surface area contributed by atoms with Gasteiger partial charge in [0.25, 0.3) is 0 Å². The van der Waals surface area contributed by atoms with E-state index >= 15 is 0 Å². The summed E-state index contributed by atoms with van der Waals surface area (Å²) in [5.74, 6) is 0. The van der Waals surface area contributed by atoms with Gasteiger partial charge < -0.3 is 0 Å². The van der Waals surface area contributed by atoms with Crippen LogP contribution >= 0.6 is 0 Å². The van der Waals surface area contributed by atoms with E-state index in [4.69, 9.17) is 0 Å². The van der Waals surface area contributed by atoms with Crippen LogP contribution in [0.4, 0.5) is 0 Å². The van der Waals surface area contributed by atoms with Gasteiger partial charge in [-0.1, -0.05) is 29.9 Å². The van der Waals surface area contributed by atoms with Gasteiger partial charge in [-0.2, -0.15) is 0 Å². The van der Waals surface area contributed by atoms with Crippen molar-refractivity contribution in [3.05, 3.63) is 35.5 Å². The van der Waals surface area contributed by atoms with Crippen molar-refractivity contribution in [2.24, 2.45) is 0 Å². The van der Waals surface area contributed by atoms with Crippen molar-refractivity contribution >= 4 is 0 Å². The first-order valence-corrected chi connectivity index (χ1v) is 3.82. The Balaban J connectivity index is 2.46. The summed E-state index contributed by atoms with van der Waals surface area (Å²) in [6.07, 6.45) is 11.0. The van der Waals surface area contributed by atoms with Crippen molar-refractivity contribution in [2.75, 3.05) is 0 Å². The molecule has 0 aromatic rings. The first kappa shape index (κ1) is 7.33. The van der Waals surface area contributed by atoms with E-state index in [2.05, 4.69) is 25.2 Å². The van der Waals surface area contributed by atoms with Gasteiger partial charge in [-0.15, -0.1) is 0 Å². The van der Waals surface area contributed by atoms with E-state index in [0.29, 0.717) is 0 Å². The number of allylic oxidation sites excluding steroid dienone is 6. The molecule has 0 heterocycles. The van der Waals surface area contributed by atoms with Crippen LogP contribution in [0.25, 0.3) is 0 Å². The second kappa shape index (κ2) is 3.40. The van der Waals surface area contributed by atoms with Gasteiger partial charge >= 0.3 is 0 Å². The molecule has 0 aromatic carbocycles. The van der Waals surface area contributed by atoms with Crippen LogP contribution in [-0.4, -0.2) is 0 Å². The van der Waals surface area contributed by atoms with E-state index in [0.717, 1.165) is 0 Å². The molecule has 1 aliphatic carbocycles. The Labute approximate surface area is 62.9 Å². The summed E-state index contributed by atoms with van der Waals surface area (Å²) in [5, 5.41) is 0. The molecule has 0 saturated carbocycles. The molecule has 0 atom stereocenters. The Morgan fingerprint density at radius 1 is 1.20 bits per heavy atom. The summed E-state index contributed by atoms with van der Waals surface area (Å²) in [4.78, 5) is 0. The minimum absolute atomic E-state index is 1.28. The summed E-state index contributed by atoms with van der Waals surface area (Å²) in [6, 6.07) is 0. The van der Waals surface area contributed by atoms with Crippen molar-refractivity contribution < 1.29 is 0 Å². The van der Waals surface area contributed by atoms with Crippen LogP contribution in [-0.2, 0) is 0 Å². The van der Waals surface area contributed by atoms with Crippen LogP contribution in [0.2, 0.25) is 0 Å². The smallest absolute Gasteiger partial charge is 0.0242 e. The van der Waals surface area contributed by atoms with Crippen LogP contribution in [0.3, 0.4) is 0 Å². The number of hydrogen-bond donors (Lipinski definition) is 0. The van der Waals surface area contributed by atoms with E-state index in [1.54, 1.807) is 5.57 Å². The van der Waals surface area contributed by atoms with E-state index in [-0.39, 0.29) is 0 Å². The second-order valence-electron chi connectivity index (χ2n) is 2.69.